The third-order valence-electron chi connectivity index (χ3n) is 3.75. The Morgan fingerprint density at radius 3 is 1.96 bits per heavy atom. The summed E-state index contributed by atoms with van der Waals surface area (Å²) < 4.78 is 12.3. The van der Waals surface area contributed by atoms with Crippen LogP contribution in [0.1, 0.15) is 0 Å². The van der Waals surface area contributed by atoms with E-state index in [0.717, 1.165) is 28.0 Å². The Labute approximate surface area is 142 Å². The molecule has 0 amide bonds. The number of furan rings is 2. The van der Waals surface area contributed by atoms with Crippen LogP contribution < -0.4 is 0 Å². The van der Waals surface area contributed by atoms with E-state index >= 15 is 0 Å². The van der Waals surface area contributed by atoms with E-state index in [1.165, 1.54) is 0 Å². The van der Waals surface area contributed by atoms with Gasteiger partial charge < -0.3 is 8.83 Å². The molecule has 3 heteroatoms. The van der Waals surface area contributed by atoms with Crippen molar-refractivity contribution in [3.63, 3.8) is 0 Å². The summed E-state index contributed by atoms with van der Waals surface area (Å²) in [6.45, 7) is 0. The van der Waals surface area contributed by atoms with Gasteiger partial charge >= 0.3 is 0 Å². The van der Waals surface area contributed by atoms with E-state index in [1.807, 2.05) is 48.5 Å². The van der Waals surface area contributed by atoms with Gasteiger partial charge in [-0.3, -0.25) is 0 Å². The summed E-state index contributed by atoms with van der Waals surface area (Å²) in [6, 6.07) is 24.2. The molecule has 2 nitrogen and oxygen atoms in total. The Bertz CT molecular complexity index is 921. The van der Waals surface area contributed by atoms with Crippen LogP contribution >= 0.6 is 15.9 Å². The molecule has 2 aromatic heterocycles. The van der Waals surface area contributed by atoms with E-state index in [0.29, 0.717) is 10.4 Å². The van der Waals surface area contributed by atoms with E-state index in [9.17, 15) is 0 Å². The molecule has 0 aliphatic heterocycles. The van der Waals surface area contributed by atoms with Crippen LogP contribution in [0.5, 0.6) is 0 Å². The zero-order valence-corrected chi connectivity index (χ0v) is 13.8. The lowest BCUT2D eigenvalue weighted by molar-refractivity contribution is 0.512. The standard InChI is InChI=1S/C20H13BrO2/c21-20-17(15-9-5-2-6-10-15)13-18(23-20)19-16(11-12-22-19)14-7-3-1-4-8-14/h1-13H. The van der Waals surface area contributed by atoms with Crippen LogP contribution in [0.2, 0.25) is 0 Å². The fourth-order valence-corrected chi connectivity index (χ4v) is 3.16. The van der Waals surface area contributed by atoms with Gasteiger partial charge in [-0.1, -0.05) is 60.7 Å². The molecule has 0 bridgehead atoms. The molecule has 0 aliphatic carbocycles. The molecule has 0 saturated carbocycles. The first-order valence-electron chi connectivity index (χ1n) is 7.31. The van der Waals surface area contributed by atoms with Crippen LogP contribution in [0.3, 0.4) is 0 Å². The molecule has 112 valence electrons. The highest BCUT2D eigenvalue weighted by Gasteiger charge is 2.18. The van der Waals surface area contributed by atoms with Gasteiger partial charge in [-0.05, 0) is 39.2 Å². The maximum atomic E-state index is 5.90. The summed E-state index contributed by atoms with van der Waals surface area (Å²) in [5.74, 6) is 1.44. The molecular weight excluding hydrogens is 352 g/mol. The molecule has 0 radical (unpaired) electrons. The second-order valence-electron chi connectivity index (χ2n) is 5.19. The molecule has 2 aromatic carbocycles. The maximum Gasteiger partial charge on any atom is 0.177 e. The van der Waals surface area contributed by atoms with Crippen LogP contribution in [-0.4, -0.2) is 0 Å². The quantitative estimate of drug-likeness (QED) is 0.407. The summed E-state index contributed by atoms with van der Waals surface area (Å²) in [7, 11) is 0. The van der Waals surface area contributed by atoms with Crippen LogP contribution in [-0.2, 0) is 0 Å². The normalized spacial score (nSPS) is 10.8. The molecule has 4 aromatic rings. The van der Waals surface area contributed by atoms with Crippen molar-refractivity contribution in [3.05, 3.63) is 83.7 Å². The van der Waals surface area contributed by atoms with Gasteiger partial charge in [0.15, 0.2) is 16.2 Å². The minimum Gasteiger partial charge on any atom is -0.460 e. The number of hydrogen-bond acceptors (Lipinski definition) is 2. The Hall–Kier alpha value is -2.52. The third kappa shape index (κ3) is 2.64. The van der Waals surface area contributed by atoms with Gasteiger partial charge in [-0.2, -0.15) is 0 Å². The van der Waals surface area contributed by atoms with E-state index in [1.54, 1.807) is 6.26 Å². The number of rotatable bonds is 3. The lowest BCUT2D eigenvalue weighted by Crippen LogP contribution is -1.77. The van der Waals surface area contributed by atoms with Crippen LogP contribution in [0.15, 0.2) is 92.6 Å². The van der Waals surface area contributed by atoms with Crippen molar-refractivity contribution in [2.45, 2.75) is 0 Å². The molecule has 0 saturated heterocycles. The van der Waals surface area contributed by atoms with Crippen LogP contribution in [0, 0.1) is 0 Å². The van der Waals surface area contributed by atoms with Crippen LogP contribution in [0.4, 0.5) is 0 Å². The molecule has 4 rings (SSSR count). The number of halogens is 1. The van der Waals surface area contributed by atoms with Gasteiger partial charge in [0.1, 0.15) is 0 Å². The highest BCUT2D eigenvalue weighted by atomic mass is 79.9. The van der Waals surface area contributed by atoms with E-state index in [4.69, 9.17) is 8.83 Å². The second kappa shape index (κ2) is 5.94. The van der Waals surface area contributed by atoms with Gasteiger partial charge in [-0.15, -0.1) is 0 Å². The number of benzene rings is 2. The first kappa shape index (κ1) is 14.1. The van der Waals surface area contributed by atoms with Crippen molar-refractivity contribution in [1.29, 1.82) is 0 Å². The molecule has 2 heterocycles. The summed E-state index contributed by atoms with van der Waals surface area (Å²) in [5, 5.41) is 0. The summed E-state index contributed by atoms with van der Waals surface area (Å²) in [6.07, 6.45) is 1.69. The average Bonchev–Trinajstić information content (AvgIpc) is 3.23. The maximum absolute atomic E-state index is 5.90. The smallest absolute Gasteiger partial charge is 0.177 e. The fraction of sp³-hybridized carbons (Fsp3) is 0. The van der Waals surface area contributed by atoms with Gasteiger partial charge in [0.05, 0.1) is 6.26 Å². The molecule has 0 unspecified atom stereocenters. The largest absolute Gasteiger partial charge is 0.460 e. The van der Waals surface area contributed by atoms with Gasteiger partial charge in [0.25, 0.3) is 0 Å². The second-order valence-corrected chi connectivity index (χ2v) is 5.91. The van der Waals surface area contributed by atoms with Crippen molar-refractivity contribution < 1.29 is 8.83 Å². The van der Waals surface area contributed by atoms with Crippen molar-refractivity contribution in [2.75, 3.05) is 0 Å². The predicted molar refractivity (Wildman–Crippen MR) is 95.0 cm³/mol. The molecule has 23 heavy (non-hydrogen) atoms. The minimum atomic E-state index is 0.703. The van der Waals surface area contributed by atoms with Crippen molar-refractivity contribution in [1.82, 2.24) is 0 Å². The first-order chi connectivity index (χ1) is 11.3. The minimum absolute atomic E-state index is 0.703. The molecule has 0 aliphatic rings. The van der Waals surface area contributed by atoms with Gasteiger partial charge in [0.2, 0.25) is 0 Å². The lowest BCUT2D eigenvalue weighted by Gasteiger charge is -1.99. The summed E-state index contributed by atoms with van der Waals surface area (Å²) in [4.78, 5) is 0. The van der Waals surface area contributed by atoms with E-state index in [2.05, 4.69) is 40.2 Å². The van der Waals surface area contributed by atoms with Crippen molar-refractivity contribution >= 4 is 15.9 Å². The lowest BCUT2D eigenvalue weighted by atomic mass is 10.0. The Kier molecular flexibility index (Phi) is 3.64. The van der Waals surface area contributed by atoms with Gasteiger partial charge in [-0.25, -0.2) is 0 Å². The Morgan fingerprint density at radius 2 is 1.30 bits per heavy atom. The zero-order valence-electron chi connectivity index (χ0n) is 12.2. The molecular formula is C20H13BrO2. The monoisotopic (exact) mass is 364 g/mol. The fourth-order valence-electron chi connectivity index (χ4n) is 2.64. The van der Waals surface area contributed by atoms with E-state index in [-0.39, 0.29) is 0 Å². The number of hydrogen-bond donors (Lipinski definition) is 0. The predicted octanol–water partition coefficient (Wildman–Crippen LogP) is 6.64. The summed E-state index contributed by atoms with van der Waals surface area (Å²) in [5.41, 5.74) is 4.23. The van der Waals surface area contributed by atoms with Crippen molar-refractivity contribution in [3.8, 4) is 33.8 Å². The van der Waals surface area contributed by atoms with Crippen molar-refractivity contribution in [2.24, 2.45) is 0 Å². The Balaban J connectivity index is 1.81. The van der Waals surface area contributed by atoms with Gasteiger partial charge in [0, 0.05) is 11.1 Å². The first-order valence-corrected chi connectivity index (χ1v) is 8.10. The molecule has 0 atom stereocenters. The molecule has 0 spiro atoms. The SMILES string of the molecule is Brc1oc(-c2occc2-c2ccccc2)cc1-c1ccccc1. The zero-order chi connectivity index (χ0) is 15.6. The Morgan fingerprint density at radius 1 is 0.696 bits per heavy atom. The van der Waals surface area contributed by atoms with E-state index < -0.39 is 0 Å². The topological polar surface area (TPSA) is 26.3 Å². The third-order valence-corrected chi connectivity index (χ3v) is 4.33. The molecule has 0 N–H and O–H groups in total. The highest BCUT2D eigenvalue weighted by Crippen LogP contribution is 2.40. The summed E-state index contributed by atoms with van der Waals surface area (Å²) >= 11 is 3.51. The molecule has 0 fully saturated rings. The van der Waals surface area contributed by atoms with Crippen LogP contribution in [0.25, 0.3) is 33.8 Å². The highest BCUT2D eigenvalue weighted by molar-refractivity contribution is 9.10. The average molecular weight is 365 g/mol.